The Balaban J connectivity index is 1.43. The number of thiophene rings is 1. The predicted octanol–water partition coefficient (Wildman–Crippen LogP) is 3.31. The number of nitrogens with zero attached hydrogens (tertiary/aromatic N) is 3. The van der Waals surface area contributed by atoms with E-state index >= 15 is 0 Å². The van der Waals surface area contributed by atoms with Gasteiger partial charge in [0.1, 0.15) is 16.7 Å². The molecule has 0 bridgehead atoms. The molecular weight excluding hydrogens is 390 g/mol. The summed E-state index contributed by atoms with van der Waals surface area (Å²) >= 11 is 1.50. The van der Waals surface area contributed by atoms with Crippen LogP contribution in [-0.2, 0) is 11.2 Å². The van der Waals surface area contributed by atoms with Gasteiger partial charge in [-0.1, -0.05) is 19.0 Å². The molecule has 8 nitrogen and oxygen atoms in total. The Morgan fingerprint density at radius 3 is 2.76 bits per heavy atom. The third-order valence-corrected chi connectivity index (χ3v) is 6.43. The first-order valence-corrected chi connectivity index (χ1v) is 10.8. The van der Waals surface area contributed by atoms with E-state index < -0.39 is 0 Å². The van der Waals surface area contributed by atoms with Gasteiger partial charge in [-0.3, -0.25) is 9.59 Å². The second-order valence-corrected chi connectivity index (χ2v) is 9.23. The molecule has 0 spiro atoms. The summed E-state index contributed by atoms with van der Waals surface area (Å²) < 4.78 is 5.40. The van der Waals surface area contributed by atoms with E-state index in [1.54, 1.807) is 0 Å². The second-order valence-electron chi connectivity index (χ2n) is 8.03. The van der Waals surface area contributed by atoms with Crippen LogP contribution < -0.4 is 10.9 Å². The average Bonchev–Trinajstić information content (AvgIpc) is 3.33. The van der Waals surface area contributed by atoms with Crippen LogP contribution in [-0.4, -0.2) is 26.0 Å². The van der Waals surface area contributed by atoms with Gasteiger partial charge in [0.05, 0.1) is 5.39 Å². The molecule has 3 aromatic heterocycles. The maximum atomic E-state index is 12.5. The maximum absolute atomic E-state index is 12.5. The molecule has 29 heavy (non-hydrogen) atoms. The van der Waals surface area contributed by atoms with Gasteiger partial charge in [-0.15, -0.1) is 11.3 Å². The van der Waals surface area contributed by atoms with Crippen molar-refractivity contribution >= 4 is 27.5 Å². The summed E-state index contributed by atoms with van der Waals surface area (Å²) in [6, 6.07) is -0.334. The Morgan fingerprint density at radius 2 is 2.07 bits per heavy atom. The van der Waals surface area contributed by atoms with Gasteiger partial charge in [0, 0.05) is 23.6 Å². The van der Waals surface area contributed by atoms with Gasteiger partial charge in [-0.25, -0.2) is 4.98 Å². The Hall–Kier alpha value is -2.55. The first-order valence-electron chi connectivity index (χ1n) is 9.95. The number of rotatable bonds is 7. The van der Waals surface area contributed by atoms with Crippen LogP contribution in [0.25, 0.3) is 10.2 Å². The molecule has 4 rings (SSSR count). The fourth-order valence-corrected chi connectivity index (χ4v) is 4.34. The highest BCUT2D eigenvalue weighted by Gasteiger charge is 2.31. The SMILES string of the molecule is Cc1sc2nc(CCC(=O)NC(c3nc(C4CC4)no3)C(C)C)[nH]c(=O)c2c1C. The van der Waals surface area contributed by atoms with E-state index in [1.807, 2.05) is 27.7 Å². The van der Waals surface area contributed by atoms with E-state index in [1.165, 1.54) is 11.3 Å². The third-order valence-electron chi connectivity index (χ3n) is 5.33. The smallest absolute Gasteiger partial charge is 0.259 e. The minimum absolute atomic E-state index is 0.109. The van der Waals surface area contributed by atoms with Crippen LogP contribution >= 0.6 is 11.3 Å². The molecule has 1 saturated carbocycles. The highest BCUT2D eigenvalue weighted by molar-refractivity contribution is 7.18. The topological polar surface area (TPSA) is 114 Å². The number of fused-ring (bicyclic) bond motifs is 1. The van der Waals surface area contributed by atoms with Gasteiger partial charge < -0.3 is 14.8 Å². The van der Waals surface area contributed by atoms with Gasteiger partial charge in [0.2, 0.25) is 11.8 Å². The van der Waals surface area contributed by atoms with Crippen LogP contribution in [0.2, 0.25) is 0 Å². The summed E-state index contributed by atoms with van der Waals surface area (Å²) in [6.07, 6.45) is 2.76. The third kappa shape index (κ3) is 4.10. The summed E-state index contributed by atoms with van der Waals surface area (Å²) in [5, 5.41) is 7.67. The highest BCUT2D eigenvalue weighted by Crippen LogP contribution is 2.38. The van der Waals surface area contributed by atoms with Crippen LogP contribution in [0.5, 0.6) is 0 Å². The largest absolute Gasteiger partial charge is 0.344 e. The lowest BCUT2D eigenvalue weighted by Gasteiger charge is -2.18. The van der Waals surface area contributed by atoms with Gasteiger partial charge in [-0.2, -0.15) is 4.98 Å². The van der Waals surface area contributed by atoms with E-state index in [9.17, 15) is 9.59 Å². The van der Waals surface area contributed by atoms with Crippen LogP contribution in [0, 0.1) is 19.8 Å². The maximum Gasteiger partial charge on any atom is 0.259 e. The molecule has 1 amide bonds. The zero-order valence-corrected chi connectivity index (χ0v) is 17.9. The molecular formula is C20H25N5O3S. The summed E-state index contributed by atoms with van der Waals surface area (Å²) in [5.74, 6) is 2.07. The Morgan fingerprint density at radius 1 is 1.31 bits per heavy atom. The monoisotopic (exact) mass is 415 g/mol. The number of hydrogen-bond donors (Lipinski definition) is 2. The quantitative estimate of drug-likeness (QED) is 0.612. The van der Waals surface area contributed by atoms with Gasteiger partial charge in [0.25, 0.3) is 5.56 Å². The van der Waals surface area contributed by atoms with Crippen molar-refractivity contribution in [3.8, 4) is 0 Å². The minimum Gasteiger partial charge on any atom is -0.344 e. The van der Waals surface area contributed by atoms with E-state index in [4.69, 9.17) is 4.52 Å². The van der Waals surface area contributed by atoms with Crippen molar-refractivity contribution in [2.75, 3.05) is 0 Å². The molecule has 0 aliphatic heterocycles. The Labute approximate surface area is 172 Å². The lowest BCUT2D eigenvalue weighted by Crippen LogP contribution is -2.32. The molecule has 3 heterocycles. The van der Waals surface area contributed by atoms with Crippen LogP contribution in [0.15, 0.2) is 9.32 Å². The van der Waals surface area contributed by atoms with Gasteiger partial charge >= 0.3 is 0 Å². The molecule has 1 aliphatic carbocycles. The van der Waals surface area contributed by atoms with E-state index in [-0.39, 0.29) is 29.8 Å². The molecule has 1 aliphatic rings. The lowest BCUT2D eigenvalue weighted by molar-refractivity contribution is -0.122. The van der Waals surface area contributed by atoms with Gasteiger partial charge in [-0.05, 0) is 38.2 Å². The van der Waals surface area contributed by atoms with Crippen LogP contribution in [0.3, 0.4) is 0 Å². The molecule has 0 saturated heterocycles. The number of carbonyl (C=O) groups excluding carboxylic acids is 1. The van der Waals surface area contributed by atoms with Crippen molar-refractivity contribution in [1.29, 1.82) is 0 Å². The zero-order valence-electron chi connectivity index (χ0n) is 17.0. The summed E-state index contributed by atoms with van der Waals surface area (Å²) in [5.41, 5.74) is 0.818. The molecule has 1 unspecified atom stereocenters. The molecule has 154 valence electrons. The van der Waals surface area contributed by atoms with Crippen molar-refractivity contribution in [2.45, 2.75) is 65.3 Å². The Kier molecular flexibility index (Phi) is 5.24. The molecule has 2 N–H and O–H groups in total. The fourth-order valence-electron chi connectivity index (χ4n) is 3.29. The summed E-state index contributed by atoms with van der Waals surface area (Å²) in [6.45, 7) is 7.91. The number of carbonyl (C=O) groups is 1. The molecule has 0 aromatic carbocycles. The van der Waals surface area contributed by atoms with Crippen LogP contribution in [0.4, 0.5) is 0 Å². The van der Waals surface area contributed by atoms with E-state index in [0.29, 0.717) is 29.4 Å². The number of amides is 1. The number of aromatic amines is 1. The van der Waals surface area contributed by atoms with Crippen molar-refractivity contribution in [1.82, 2.24) is 25.4 Å². The minimum atomic E-state index is -0.334. The number of hydrogen-bond acceptors (Lipinski definition) is 7. The van der Waals surface area contributed by atoms with Gasteiger partial charge in [0.15, 0.2) is 5.82 Å². The molecule has 1 atom stereocenters. The average molecular weight is 416 g/mol. The first kappa shape index (κ1) is 19.8. The summed E-state index contributed by atoms with van der Waals surface area (Å²) in [4.78, 5) is 38.5. The second kappa shape index (κ2) is 7.70. The van der Waals surface area contributed by atoms with E-state index in [0.717, 1.165) is 33.9 Å². The molecule has 3 aromatic rings. The normalized spacial score (nSPS) is 15.2. The lowest BCUT2D eigenvalue weighted by atomic mass is 10.0. The first-order chi connectivity index (χ1) is 13.8. The van der Waals surface area contributed by atoms with Crippen molar-refractivity contribution in [3.63, 3.8) is 0 Å². The van der Waals surface area contributed by atoms with Crippen molar-refractivity contribution in [2.24, 2.45) is 5.92 Å². The zero-order chi connectivity index (χ0) is 20.7. The predicted molar refractivity (Wildman–Crippen MR) is 110 cm³/mol. The molecule has 0 radical (unpaired) electrons. The van der Waals surface area contributed by atoms with Crippen molar-refractivity contribution in [3.05, 3.63) is 38.3 Å². The molecule has 1 fully saturated rings. The van der Waals surface area contributed by atoms with Crippen molar-refractivity contribution < 1.29 is 9.32 Å². The number of aryl methyl sites for hydroxylation is 3. The molecule has 9 heteroatoms. The van der Waals surface area contributed by atoms with Crippen LogP contribution in [0.1, 0.15) is 73.0 Å². The summed E-state index contributed by atoms with van der Waals surface area (Å²) in [7, 11) is 0. The number of aromatic nitrogens is 4. The Bertz CT molecular complexity index is 1110. The highest BCUT2D eigenvalue weighted by atomic mass is 32.1. The van der Waals surface area contributed by atoms with E-state index in [2.05, 4.69) is 25.4 Å². The fraction of sp³-hybridized carbons (Fsp3) is 0.550. The number of H-pyrrole nitrogens is 1. The number of nitrogens with one attached hydrogen (secondary N) is 2. The standard InChI is InChI=1S/C20H25N5O3S/c1-9(2)16(19-24-17(25-28-19)12-5-6-12)23-14(26)8-7-13-21-18(27)15-10(3)11(4)29-20(15)22-13/h9,12,16H,5-8H2,1-4H3,(H,23,26)(H,21,22,27).